The molecule has 0 rings (SSSR count). The first-order valence-corrected chi connectivity index (χ1v) is 7.43. The number of hydrogen-bond donors (Lipinski definition) is 1. The molecule has 0 saturated carbocycles. The second kappa shape index (κ2) is 4.77. The highest BCUT2D eigenvalue weighted by Crippen LogP contribution is 2.42. The largest absolute Gasteiger partial charge is 0.500 e. The standard InChI is InChI=1S/C6H9F6NO4S2/c1-2-3-4(13,18(14,15)5(7,8)9)19(16,17)6(10,11)12/h2-3,13H2,1H3. The topological polar surface area (TPSA) is 94.3 Å². The number of halogens is 6. The molecule has 0 fully saturated rings. The quantitative estimate of drug-likeness (QED) is 0.780. The van der Waals surface area contributed by atoms with Gasteiger partial charge in [-0.3, -0.25) is 5.73 Å². The number of rotatable bonds is 4. The highest BCUT2D eigenvalue weighted by atomic mass is 32.3. The van der Waals surface area contributed by atoms with E-state index < -0.39 is 47.7 Å². The van der Waals surface area contributed by atoms with Gasteiger partial charge in [-0.05, 0) is 6.42 Å². The molecule has 0 aliphatic heterocycles. The summed E-state index contributed by atoms with van der Waals surface area (Å²) in [5, 5.41) is 0. The number of alkyl halides is 6. The molecule has 0 aromatic carbocycles. The summed E-state index contributed by atoms with van der Waals surface area (Å²) in [6.07, 6.45) is -2.17. The summed E-state index contributed by atoms with van der Waals surface area (Å²) < 4.78 is 113. The monoisotopic (exact) mass is 337 g/mol. The van der Waals surface area contributed by atoms with Crippen LogP contribution in [0.15, 0.2) is 0 Å². The zero-order valence-electron chi connectivity index (χ0n) is 9.21. The second-order valence-corrected chi connectivity index (χ2v) is 8.12. The predicted octanol–water partition coefficient (Wildman–Crippen LogP) is 1.27. The molecule has 0 aromatic rings. The predicted molar refractivity (Wildman–Crippen MR) is 51.8 cm³/mol. The third-order valence-electron chi connectivity index (χ3n) is 2.12. The Morgan fingerprint density at radius 3 is 1.26 bits per heavy atom. The van der Waals surface area contributed by atoms with E-state index in [1.807, 2.05) is 0 Å². The van der Waals surface area contributed by atoms with Gasteiger partial charge < -0.3 is 0 Å². The van der Waals surface area contributed by atoms with Gasteiger partial charge in [0, 0.05) is 0 Å². The van der Waals surface area contributed by atoms with Gasteiger partial charge in [-0.2, -0.15) is 26.3 Å². The molecule has 0 spiro atoms. The molecule has 0 aliphatic rings. The van der Waals surface area contributed by atoms with Crippen LogP contribution < -0.4 is 5.73 Å². The van der Waals surface area contributed by atoms with Crippen molar-refractivity contribution in [3.8, 4) is 0 Å². The first kappa shape index (κ1) is 18.4. The van der Waals surface area contributed by atoms with E-state index in [1.54, 1.807) is 0 Å². The van der Waals surface area contributed by atoms with E-state index in [9.17, 15) is 43.2 Å². The van der Waals surface area contributed by atoms with Crippen LogP contribution in [0.1, 0.15) is 19.8 Å². The van der Waals surface area contributed by atoms with Crippen molar-refractivity contribution in [1.82, 2.24) is 0 Å². The molecule has 0 saturated heterocycles. The minimum absolute atomic E-state index is 0.624. The zero-order valence-corrected chi connectivity index (χ0v) is 10.8. The third kappa shape index (κ3) is 2.67. The highest BCUT2D eigenvalue weighted by Gasteiger charge is 2.70. The lowest BCUT2D eigenvalue weighted by Gasteiger charge is -2.29. The molecule has 0 amide bonds. The molecule has 0 heterocycles. The van der Waals surface area contributed by atoms with E-state index in [0.29, 0.717) is 0 Å². The van der Waals surface area contributed by atoms with Gasteiger partial charge in [0.25, 0.3) is 19.7 Å². The summed E-state index contributed by atoms with van der Waals surface area (Å²) in [6, 6.07) is 0. The van der Waals surface area contributed by atoms with E-state index in [4.69, 9.17) is 0 Å². The Balaban J connectivity index is 6.40. The molecule has 2 N–H and O–H groups in total. The fourth-order valence-electron chi connectivity index (χ4n) is 1.15. The molecule has 0 aliphatic carbocycles. The van der Waals surface area contributed by atoms with Crippen LogP contribution in [-0.2, 0) is 19.7 Å². The molecule has 116 valence electrons. The number of nitrogens with two attached hydrogens (primary N) is 1. The Morgan fingerprint density at radius 1 is 0.842 bits per heavy atom. The smallest absolute Gasteiger partial charge is 0.299 e. The molecule has 0 atom stereocenters. The van der Waals surface area contributed by atoms with Crippen molar-refractivity contribution >= 4 is 19.7 Å². The minimum atomic E-state index is -6.77. The van der Waals surface area contributed by atoms with Crippen LogP contribution in [0.3, 0.4) is 0 Å². The fraction of sp³-hybridized carbons (Fsp3) is 1.00. The van der Waals surface area contributed by atoms with Crippen LogP contribution >= 0.6 is 0 Å². The molecule has 19 heavy (non-hydrogen) atoms. The van der Waals surface area contributed by atoms with Gasteiger partial charge >= 0.3 is 11.0 Å². The average molecular weight is 337 g/mol. The van der Waals surface area contributed by atoms with Crippen molar-refractivity contribution in [2.24, 2.45) is 5.73 Å². The lowest BCUT2D eigenvalue weighted by atomic mass is 10.3. The maximum absolute atomic E-state index is 12.3. The van der Waals surface area contributed by atoms with E-state index >= 15 is 0 Å². The lowest BCUT2D eigenvalue weighted by Crippen LogP contribution is -2.61. The van der Waals surface area contributed by atoms with Crippen LogP contribution in [0, 0.1) is 0 Å². The van der Waals surface area contributed by atoms with E-state index in [1.165, 1.54) is 0 Å². The summed E-state index contributed by atoms with van der Waals surface area (Å²) >= 11 is 0. The van der Waals surface area contributed by atoms with Crippen LogP contribution in [0.25, 0.3) is 0 Å². The molecule has 5 nitrogen and oxygen atoms in total. The maximum atomic E-state index is 12.3. The molecule has 0 unspecified atom stereocenters. The lowest BCUT2D eigenvalue weighted by molar-refractivity contribution is -0.0494. The SMILES string of the molecule is CCCC(N)(S(=O)(=O)C(F)(F)F)S(=O)(=O)C(F)(F)F. The Hall–Kier alpha value is -0.560. The van der Waals surface area contributed by atoms with E-state index in [2.05, 4.69) is 5.73 Å². The van der Waals surface area contributed by atoms with Gasteiger partial charge in [0.1, 0.15) is 0 Å². The zero-order chi connectivity index (χ0) is 15.9. The number of sulfone groups is 2. The van der Waals surface area contributed by atoms with Crippen molar-refractivity contribution in [2.75, 3.05) is 0 Å². The van der Waals surface area contributed by atoms with Crippen molar-refractivity contribution in [3.63, 3.8) is 0 Å². The fourth-order valence-corrected chi connectivity index (χ4v) is 4.61. The Morgan fingerprint density at radius 2 is 1.11 bits per heavy atom. The minimum Gasteiger partial charge on any atom is -0.299 e. The van der Waals surface area contributed by atoms with Gasteiger partial charge in [0.05, 0.1) is 0 Å². The summed E-state index contributed by atoms with van der Waals surface area (Å²) in [5.41, 5.74) is -7.93. The molecule has 0 radical (unpaired) electrons. The first-order valence-electron chi connectivity index (χ1n) is 4.47. The van der Waals surface area contributed by atoms with Gasteiger partial charge in [-0.25, -0.2) is 16.8 Å². The Bertz CT molecular complexity index is 487. The van der Waals surface area contributed by atoms with Crippen LogP contribution in [-0.4, -0.2) is 32.1 Å². The van der Waals surface area contributed by atoms with Crippen molar-refractivity contribution in [3.05, 3.63) is 0 Å². The second-order valence-electron chi connectivity index (χ2n) is 3.46. The van der Waals surface area contributed by atoms with Gasteiger partial charge in [0.2, 0.25) is 4.20 Å². The van der Waals surface area contributed by atoms with Gasteiger partial charge in [-0.1, -0.05) is 13.3 Å². The van der Waals surface area contributed by atoms with E-state index in [-0.39, 0.29) is 0 Å². The molecular weight excluding hydrogens is 328 g/mol. The normalized spacial score (nSPS) is 15.6. The van der Waals surface area contributed by atoms with Crippen LogP contribution in [0.4, 0.5) is 26.3 Å². The average Bonchev–Trinajstić information content (AvgIpc) is 2.13. The van der Waals surface area contributed by atoms with Crippen molar-refractivity contribution in [2.45, 2.75) is 35.0 Å². The van der Waals surface area contributed by atoms with Gasteiger partial charge in [0.15, 0.2) is 0 Å². The number of hydrogen-bond acceptors (Lipinski definition) is 5. The summed E-state index contributed by atoms with van der Waals surface area (Å²) in [7, 11) is -13.5. The highest BCUT2D eigenvalue weighted by molar-refractivity contribution is 8.11. The first-order chi connectivity index (χ1) is 8.06. The maximum Gasteiger partial charge on any atom is 0.500 e. The molecule has 0 aromatic heterocycles. The third-order valence-corrected chi connectivity index (χ3v) is 6.88. The van der Waals surface area contributed by atoms with Crippen LogP contribution in [0.2, 0.25) is 0 Å². The Labute approximate surface area is 104 Å². The molecule has 13 heteroatoms. The van der Waals surface area contributed by atoms with Gasteiger partial charge in [-0.15, -0.1) is 0 Å². The van der Waals surface area contributed by atoms with Crippen molar-refractivity contribution < 1.29 is 43.2 Å². The van der Waals surface area contributed by atoms with E-state index in [0.717, 1.165) is 6.92 Å². The summed E-state index contributed by atoms with van der Waals surface area (Å²) in [5.74, 6) is 0. The van der Waals surface area contributed by atoms with Crippen LogP contribution in [0.5, 0.6) is 0 Å². The molecule has 0 bridgehead atoms. The molecular formula is C6H9F6NO4S2. The van der Waals surface area contributed by atoms with Crippen molar-refractivity contribution in [1.29, 1.82) is 0 Å². The Kier molecular flexibility index (Phi) is 4.63. The summed E-state index contributed by atoms with van der Waals surface area (Å²) in [6.45, 7) is 0.986. The summed E-state index contributed by atoms with van der Waals surface area (Å²) in [4.78, 5) is 0.